The molecule has 0 spiro atoms. The van der Waals surface area contributed by atoms with Crippen LogP contribution < -0.4 is 15.4 Å². The van der Waals surface area contributed by atoms with Gasteiger partial charge in [0.25, 0.3) is 5.69 Å². The van der Waals surface area contributed by atoms with E-state index in [1.54, 1.807) is 0 Å². The summed E-state index contributed by atoms with van der Waals surface area (Å²) in [6.07, 6.45) is 4.58. The van der Waals surface area contributed by atoms with Gasteiger partial charge in [0, 0.05) is 35.4 Å². The molecule has 2 aliphatic rings. The first kappa shape index (κ1) is 16.9. The zero-order valence-corrected chi connectivity index (χ0v) is 13.3. The summed E-state index contributed by atoms with van der Waals surface area (Å²) in [5.41, 5.74) is 0.839. The number of amides is 2. The largest absolute Gasteiger partial charge is 0.467 e. The van der Waals surface area contributed by atoms with Crippen molar-refractivity contribution >= 4 is 23.6 Å². The lowest BCUT2D eigenvalue weighted by atomic mass is 10.1. The van der Waals surface area contributed by atoms with Crippen molar-refractivity contribution in [3.63, 3.8) is 0 Å². The molecule has 1 aliphatic heterocycles. The van der Waals surface area contributed by atoms with E-state index in [1.165, 1.54) is 24.3 Å². The Hall–Kier alpha value is -2.94. The van der Waals surface area contributed by atoms with Crippen molar-refractivity contribution in [3.8, 4) is 5.75 Å². The third-order valence-corrected chi connectivity index (χ3v) is 3.71. The van der Waals surface area contributed by atoms with Crippen molar-refractivity contribution in [1.82, 2.24) is 10.6 Å². The van der Waals surface area contributed by atoms with E-state index in [2.05, 4.69) is 10.6 Å². The summed E-state index contributed by atoms with van der Waals surface area (Å²) in [5, 5.41) is 16.2. The number of nitrogens with one attached hydrogen (secondary N) is 2. The van der Waals surface area contributed by atoms with Crippen LogP contribution in [0.3, 0.4) is 0 Å². The molecule has 1 aliphatic carbocycles. The molecule has 9 heteroatoms. The third-order valence-electron chi connectivity index (χ3n) is 3.71. The summed E-state index contributed by atoms with van der Waals surface area (Å²) in [6, 6.07) is 2.94. The van der Waals surface area contributed by atoms with E-state index in [4.69, 9.17) is 9.47 Å². The minimum atomic E-state index is -0.519. The number of nitro groups is 1. The summed E-state index contributed by atoms with van der Waals surface area (Å²) in [4.78, 5) is 33.9. The van der Waals surface area contributed by atoms with Crippen LogP contribution in [0, 0.1) is 10.1 Å². The van der Waals surface area contributed by atoms with Gasteiger partial charge in [0.1, 0.15) is 5.75 Å². The maximum absolute atomic E-state index is 11.8. The van der Waals surface area contributed by atoms with E-state index < -0.39 is 10.8 Å². The molecule has 1 aromatic carbocycles. The lowest BCUT2D eigenvalue weighted by Crippen LogP contribution is -2.37. The van der Waals surface area contributed by atoms with Crippen molar-refractivity contribution < 1.29 is 24.0 Å². The Morgan fingerprint density at radius 1 is 1.36 bits per heavy atom. The monoisotopic (exact) mass is 347 g/mol. The van der Waals surface area contributed by atoms with Crippen LogP contribution in [0.15, 0.2) is 18.2 Å². The van der Waals surface area contributed by atoms with Gasteiger partial charge in [-0.25, -0.2) is 0 Å². The van der Waals surface area contributed by atoms with Gasteiger partial charge in [0.15, 0.2) is 6.79 Å². The molecule has 0 bridgehead atoms. The lowest BCUT2D eigenvalue weighted by molar-refractivity contribution is -0.385. The Labute approximate surface area is 143 Å². The van der Waals surface area contributed by atoms with Crippen LogP contribution in [-0.4, -0.2) is 36.1 Å². The molecule has 0 radical (unpaired) electrons. The topological polar surface area (TPSA) is 120 Å². The van der Waals surface area contributed by atoms with Gasteiger partial charge in [0.2, 0.25) is 11.8 Å². The Kier molecular flexibility index (Phi) is 4.94. The van der Waals surface area contributed by atoms with Crippen molar-refractivity contribution in [1.29, 1.82) is 0 Å². The van der Waals surface area contributed by atoms with E-state index in [0.717, 1.165) is 12.8 Å². The molecule has 1 heterocycles. The number of nitrogens with zero attached hydrogens (tertiary/aromatic N) is 1. The molecular weight excluding hydrogens is 330 g/mol. The number of carbonyl (C=O) groups excluding carboxylic acids is 2. The highest BCUT2D eigenvalue weighted by Gasteiger charge is 2.23. The molecule has 0 atom stereocenters. The van der Waals surface area contributed by atoms with Gasteiger partial charge in [-0.2, -0.15) is 0 Å². The highest BCUT2D eigenvalue weighted by Crippen LogP contribution is 2.33. The number of benzene rings is 1. The fourth-order valence-corrected chi connectivity index (χ4v) is 2.36. The highest BCUT2D eigenvalue weighted by atomic mass is 16.7. The van der Waals surface area contributed by atoms with E-state index in [9.17, 15) is 19.7 Å². The molecule has 1 fully saturated rings. The van der Waals surface area contributed by atoms with E-state index in [1.807, 2.05) is 0 Å². The molecule has 2 amide bonds. The van der Waals surface area contributed by atoms with Gasteiger partial charge in [-0.1, -0.05) is 0 Å². The molecule has 3 rings (SSSR count). The number of rotatable bonds is 6. The van der Waals surface area contributed by atoms with Gasteiger partial charge >= 0.3 is 0 Å². The van der Waals surface area contributed by atoms with Crippen LogP contribution >= 0.6 is 0 Å². The fraction of sp³-hybridized carbons (Fsp3) is 0.375. The van der Waals surface area contributed by atoms with Crippen LogP contribution in [0.1, 0.15) is 24.0 Å². The van der Waals surface area contributed by atoms with Crippen LogP contribution in [0.25, 0.3) is 6.08 Å². The lowest BCUT2D eigenvalue weighted by Gasteiger charge is -2.19. The quantitative estimate of drug-likeness (QED) is 0.448. The molecule has 1 aromatic rings. The Bertz CT molecular complexity index is 742. The smallest absolute Gasteiger partial charge is 0.270 e. The van der Waals surface area contributed by atoms with E-state index in [-0.39, 0.29) is 37.6 Å². The van der Waals surface area contributed by atoms with Gasteiger partial charge in [-0.15, -0.1) is 0 Å². The van der Waals surface area contributed by atoms with Crippen LogP contribution in [0.4, 0.5) is 5.69 Å². The number of nitro benzene ring substituents is 1. The number of fused-ring (bicyclic) bond motifs is 1. The fourth-order valence-electron chi connectivity index (χ4n) is 2.36. The number of hydrogen-bond acceptors (Lipinski definition) is 6. The zero-order valence-electron chi connectivity index (χ0n) is 13.3. The summed E-state index contributed by atoms with van der Waals surface area (Å²) in [7, 11) is 0. The Balaban J connectivity index is 1.66. The average molecular weight is 347 g/mol. The van der Waals surface area contributed by atoms with Crippen molar-refractivity contribution in [3.05, 3.63) is 39.4 Å². The van der Waals surface area contributed by atoms with Crippen molar-refractivity contribution in [2.45, 2.75) is 25.5 Å². The minimum absolute atomic E-state index is 0.0409. The first-order valence-corrected chi connectivity index (χ1v) is 7.80. The molecule has 9 nitrogen and oxygen atoms in total. The standard InChI is InChI=1S/C16H17N3O6/c20-14(17-7-15(21)18-12-2-3-12)4-1-10-5-13(19(22)23)6-11-8-24-9-25-16(10)11/h1,4-6,12H,2-3,7-9H2,(H,17,20)(H,18,21)/b4-1+. The average Bonchev–Trinajstić information content (AvgIpc) is 3.41. The molecule has 25 heavy (non-hydrogen) atoms. The minimum Gasteiger partial charge on any atom is -0.467 e. The second-order valence-electron chi connectivity index (χ2n) is 5.78. The molecule has 0 aromatic heterocycles. The maximum Gasteiger partial charge on any atom is 0.270 e. The van der Waals surface area contributed by atoms with E-state index >= 15 is 0 Å². The molecule has 2 N–H and O–H groups in total. The van der Waals surface area contributed by atoms with Crippen LogP contribution in [-0.2, 0) is 20.9 Å². The Morgan fingerprint density at radius 3 is 2.88 bits per heavy atom. The molecule has 1 saturated carbocycles. The molecule has 0 unspecified atom stereocenters. The predicted molar refractivity (Wildman–Crippen MR) is 86.6 cm³/mol. The van der Waals surface area contributed by atoms with E-state index in [0.29, 0.717) is 16.9 Å². The van der Waals surface area contributed by atoms with Crippen LogP contribution in [0.2, 0.25) is 0 Å². The number of non-ortho nitro benzene ring substituents is 1. The normalized spacial score (nSPS) is 16.0. The number of carbonyl (C=O) groups is 2. The van der Waals surface area contributed by atoms with Gasteiger partial charge in [-0.3, -0.25) is 19.7 Å². The van der Waals surface area contributed by atoms with Crippen LogP contribution in [0.5, 0.6) is 5.75 Å². The second kappa shape index (κ2) is 7.31. The van der Waals surface area contributed by atoms with Gasteiger partial charge < -0.3 is 20.1 Å². The first-order valence-electron chi connectivity index (χ1n) is 7.80. The predicted octanol–water partition coefficient (Wildman–Crippen LogP) is 0.869. The first-order chi connectivity index (χ1) is 12.0. The van der Waals surface area contributed by atoms with Gasteiger partial charge in [-0.05, 0) is 18.9 Å². The third kappa shape index (κ3) is 4.54. The number of hydrogen-bond donors (Lipinski definition) is 2. The maximum atomic E-state index is 11.8. The number of ether oxygens (including phenoxy) is 2. The summed E-state index contributed by atoms with van der Waals surface area (Å²) >= 11 is 0. The summed E-state index contributed by atoms with van der Waals surface area (Å²) in [5.74, 6) is -0.261. The van der Waals surface area contributed by atoms with Crippen molar-refractivity contribution in [2.75, 3.05) is 13.3 Å². The zero-order chi connectivity index (χ0) is 17.8. The molecular formula is C16H17N3O6. The Morgan fingerprint density at radius 2 is 2.16 bits per heavy atom. The SMILES string of the molecule is O=C(/C=C/c1cc([N+](=O)[O-])cc2c1OCOC2)NCC(=O)NC1CC1. The summed E-state index contributed by atoms with van der Waals surface area (Å²) in [6.45, 7) is 0.127. The summed E-state index contributed by atoms with van der Waals surface area (Å²) < 4.78 is 10.5. The van der Waals surface area contributed by atoms with Gasteiger partial charge in [0.05, 0.1) is 18.1 Å². The second-order valence-corrected chi connectivity index (χ2v) is 5.78. The highest BCUT2D eigenvalue weighted by molar-refractivity contribution is 5.94. The molecule has 0 saturated heterocycles. The molecule has 132 valence electrons. The van der Waals surface area contributed by atoms with Crippen molar-refractivity contribution in [2.24, 2.45) is 0 Å².